The summed E-state index contributed by atoms with van der Waals surface area (Å²) in [6, 6.07) is 0.509. The lowest BCUT2D eigenvalue weighted by Gasteiger charge is -2.22. The van der Waals surface area contributed by atoms with Crippen LogP contribution in [-0.2, 0) is 0 Å². The van der Waals surface area contributed by atoms with Crippen molar-refractivity contribution in [3.8, 4) is 0 Å². The summed E-state index contributed by atoms with van der Waals surface area (Å²) < 4.78 is 1.97. The first-order valence-electron chi connectivity index (χ1n) is 5.67. The maximum absolute atomic E-state index is 6.07. The molecular weight excluding hydrogens is 210 g/mol. The van der Waals surface area contributed by atoms with Gasteiger partial charge in [0.15, 0.2) is 0 Å². The third-order valence-corrected chi connectivity index (χ3v) is 4.53. The van der Waals surface area contributed by atoms with Crippen molar-refractivity contribution >= 4 is 17.4 Å². The summed E-state index contributed by atoms with van der Waals surface area (Å²) in [5, 5.41) is 5.11. The van der Waals surface area contributed by atoms with Crippen LogP contribution in [0.1, 0.15) is 37.4 Å². The van der Waals surface area contributed by atoms with Crippen molar-refractivity contribution in [2.24, 2.45) is 11.8 Å². The van der Waals surface area contributed by atoms with Crippen molar-refractivity contribution in [1.82, 2.24) is 9.78 Å². The van der Waals surface area contributed by atoms with E-state index < -0.39 is 0 Å². The summed E-state index contributed by atoms with van der Waals surface area (Å²) >= 11 is 6.07. The fourth-order valence-electron chi connectivity index (χ4n) is 3.31. The Morgan fingerprint density at radius 2 is 2.20 bits per heavy atom. The third-order valence-electron chi connectivity index (χ3n) is 4.06. The van der Waals surface area contributed by atoms with Crippen LogP contribution in [0.3, 0.4) is 0 Å². The molecule has 2 fully saturated rings. The molecule has 82 valence electrons. The molecule has 2 saturated carbocycles. The minimum atomic E-state index is 0.509. The molecule has 3 rings (SSSR count). The van der Waals surface area contributed by atoms with Crippen molar-refractivity contribution in [1.29, 1.82) is 0 Å². The molecule has 0 radical (unpaired) electrons. The summed E-state index contributed by atoms with van der Waals surface area (Å²) in [5.74, 6) is 2.35. The van der Waals surface area contributed by atoms with E-state index in [9.17, 15) is 0 Å². The average Bonchev–Trinajstić information content (AvgIpc) is 2.89. The van der Waals surface area contributed by atoms with E-state index in [1.54, 1.807) is 0 Å². The quantitative estimate of drug-likeness (QED) is 0.799. The molecule has 2 bridgehead atoms. The summed E-state index contributed by atoms with van der Waals surface area (Å²) in [7, 11) is 0. The molecule has 1 aromatic rings. The van der Waals surface area contributed by atoms with Crippen LogP contribution in [0, 0.1) is 18.8 Å². The fourth-order valence-corrected chi connectivity index (χ4v) is 3.43. The average molecular weight is 226 g/mol. The Kier molecular flexibility index (Phi) is 2.00. The fraction of sp³-hybridized carbons (Fsp3) is 0.727. The minimum absolute atomic E-state index is 0.509. The SMILES string of the molecule is Cc1nn(C2CC3CCC2C3)c(N)c1Cl. The van der Waals surface area contributed by atoms with Crippen LogP contribution in [0.25, 0.3) is 0 Å². The van der Waals surface area contributed by atoms with Gasteiger partial charge in [-0.15, -0.1) is 0 Å². The first kappa shape index (κ1) is 9.52. The highest BCUT2D eigenvalue weighted by Gasteiger charge is 2.41. The van der Waals surface area contributed by atoms with Crippen LogP contribution in [0.15, 0.2) is 0 Å². The van der Waals surface area contributed by atoms with Gasteiger partial charge in [-0.25, -0.2) is 4.68 Å². The van der Waals surface area contributed by atoms with Crippen LogP contribution >= 0.6 is 11.6 Å². The lowest BCUT2D eigenvalue weighted by molar-refractivity contribution is 0.309. The van der Waals surface area contributed by atoms with Gasteiger partial charge in [-0.1, -0.05) is 18.0 Å². The normalized spacial score (nSPS) is 33.9. The maximum atomic E-state index is 6.07. The summed E-state index contributed by atoms with van der Waals surface area (Å²) in [5.41, 5.74) is 6.84. The first-order chi connectivity index (χ1) is 7.16. The summed E-state index contributed by atoms with van der Waals surface area (Å²) in [4.78, 5) is 0. The van der Waals surface area contributed by atoms with Gasteiger partial charge in [0, 0.05) is 0 Å². The number of hydrogen-bond donors (Lipinski definition) is 1. The zero-order valence-electron chi connectivity index (χ0n) is 8.91. The Morgan fingerprint density at radius 1 is 1.40 bits per heavy atom. The van der Waals surface area contributed by atoms with Crippen LogP contribution < -0.4 is 5.73 Å². The first-order valence-corrected chi connectivity index (χ1v) is 6.04. The molecule has 0 saturated heterocycles. The van der Waals surface area contributed by atoms with Crippen LogP contribution in [-0.4, -0.2) is 9.78 Å². The van der Waals surface area contributed by atoms with Crippen molar-refractivity contribution in [3.63, 3.8) is 0 Å². The van der Waals surface area contributed by atoms with Gasteiger partial charge in [0.2, 0.25) is 0 Å². The second kappa shape index (κ2) is 3.14. The Hall–Kier alpha value is -0.700. The number of aromatic nitrogens is 2. The van der Waals surface area contributed by atoms with Crippen molar-refractivity contribution < 1.29 is 0 Å². The predicted molar refractivity (Wildman–Crippen MR) is 60.9 cm³/mol. The Balaban J connectivity index is 1.96. The molecule has 0 aromatic carbocycles. The molecule has 3 unspecified atom stereocenters. The van der Waals surface area contributed by atoms with E-state index in [1.807, 2.05) is 11.6 Å². The third kappa shape index (κ3) is 1.29. The van der Waals surface area contributed by atoms with Crippen molar-refractivity contribution in [2.45, 2.75) is 38.6 Å². The molecule has 4 heteroatoms. The van der Waals surface area contributed by atoms with E-state index in [0.717, 1.165) is 17.5 Å². The van der Waals surface area contributed by atoms with Gasteiger partial charge in [0.05, 0.1) is 11.7 Å². The van der Waals surface area contributed by atoms with Crippen molar-refractivity contribution in [2.75, 3.05) is 5.73 Å². The number of hydrogen-bond acceptors (Lipinski definition) is 2. The molecule has 2 aliphatic rings. The van der Waals surface area contributed by atoms with E-state index in [2.05, 4.69) is 5.10 Å². The molecular formula is C11H16ClN3. The smallest absolute Gasteiger partial charge is 0.141 e. The molecule has 15 heavy (non-hydrogen) atoms. The Bertz CT molecular complexity index is 399. The minimum Gasteiger partial charge on any atom is -0.383 e. The highest BCUT2D eigenvalue weighted by Crippen LogP contribution is 2.51. The predicted octanol–water partition coefficient (Wildman–Crippen LogP) is 2.79. The highest BCUT2D eigenvalue weighted by molar-refractivity contribution is 6.33. The van der Waals surface area contributed by atoms with Gasteiger partial charge in [-0.3, -0.25) is 0 Å². The van der Waals surface area contributed by atoms with E-state index in [-0.39, 0.29) is 0 Å². The van der Waals surface area contributed by atoms with E-state index in [0.29, 0.717) is 16.9 Å². The molecule has 3 nitrogen and oxygen atoms in total. The Morgan fingerprint density at radius 3 is 2.67 bits per heavy atom. The molecule has 0 spiro atoms. The standard InChI is InChI=1S/C11H16ClN3/c1-6-10(12)11(13)15(14-6)9-5-7-2-3-8(9)4-7/h7-9H,2-5,13H2,1H3. The summed E-state index contributed by atoms with van der Waals surface area (Å²) in [6.07, 6.45) is 5.34. The molecule has 0 aliphatic heterocycles. The van der Waals surface area contributed by atoms with Gasteiger partial charge in [-0.05, 0) is 38.0 Å². The summed E-state index contributed by atoms with van der Waals surface area (Å²) in [6.45, 7) is 1.92. The Labute approximate surface area is 94.6 Å². The number of nitrogen functional groups attached to an aromatic ring is 1. The number of halogens is 1. The van der Waals surface area contributed by atoms with Gasteiger partial charge in [0.25, 0.3) is 0 Å². The molecule has 0 amide bonds. The van der Waals surface area contributed by atoms with Crippen molar-refractivity contribution in [3.05, 3.63) is 10.7 Å². The van der Waals surface area contributed by atoms with Gasteiger partial charge in [-0.2, -0.15) is 5.10 Å². The largest absolute Gasteiger partial charge is 0.383 e. The number of rotatable bonds is 1. The highest BCUT2D eigenvalue weighted by atomic mass is 35.5. The topological polar surface area (TPSA) is 43.8 Å². The molecule has 1 heterocycles. The monoisotopic (exact) mass is 225 g/mol. The molecule has 1 aromatic heterocycles. The zero-order chi connectivity index (χ0) is 10.6. The second-order valence-electron chi connectivity index (χ2n) is 4.97. The van der Waals surface area contributed by atoms with Crippen LogP contribution in [0.4, 0.5) is 5.82 Å². The van der Waals surface area contributed by atoms with Gasteiger partial charge in [0.1, 0.15) is 10.8 Å². The molecule has 3 atom stereocenters. The number of nitrogens with two attached hydrogens (primary N) is 1. The molecule has 2 N–H and O–H groups in total. The second-order valence-corrected chi connectivity index (χ2v) is 5.35. The van der Waals surface area contributed by atoms with Crippen LogP contribution in [0.5, 0.6) is 0 Å². The number of nitrogens with zero attached hydrogens (tertiary/aromatic N) is 2. The van der Waals surface area contributed by atoms with Crippen LogP contribution in [0.2, 0.25) is 5.02 Å². The van der Waals surface area contributed by atoms with E-state index >= 15 is 0 Å². The maximum Gasteiger partial charge on any atom is 0.141 e. The number of aryl methyl sites for hydroxylation is 1. The van der Waals surface area contributed by atoms with Gasteiger partial charge < -0.3 is 5.73 Å². The van der Waals surface area contributed by atoms with E-state index in [1.165, 1.54) is 25.7 Å². The molecule has 2 aliphatic carbocycles. The zero-order valence-corrected chi connectivity index (χ0v) is 9.67. The van der Waals surface area contributed by atoms with E-state index in [4.69, 9.17) is 17.3 Å². The lowest BCUT2D eigenvalue weighted by atomic mass is 9.95. The number of anilines is 1. The lowest BCUT2D eigenvalue weighted by Crippen LogP contribution is -2.19. The number of fused-ring (bicyclic) bond motifs is 2. The van der Waals surface area contributed by atoms with Gasteiger partial charge >= 0.3 is 0 Å².